The van der Waals surface area contributed by atoms with Crippen LogP contribution in [0.3, 0.4) is 0 Å². The van der Waals surface area contributed by atoms with Crippen molar-refractivity contribution in [2.24, 2.45) is 0 Å². The third kappa shape index (κ3) is 3.25. The van der Waals surface area contributed by atoms with Crippen molar-refractivity contribution in [3.63, 3.8) is 0 Å². The number of furan rings is 1. The van der Waals surface area contributed by atoms with Crippen molar-refractivity contribution >= 4 is 21.8 Å². The number of aliphatic hydroxyl groups excluding tert-OH is 1. The second-order valence-corrected chi connectivity index (χ2v) is 6.26. The van der Waals surface area contributed by atoms with Crippen molar-refractivity contribution in [2.45, 2.75) is 25.3 Å². The normalized spacial score (nSPS) is 12.0. The van der Waals surface area contributed by atoms with Gasteiger partial charge in [-0.3, -0.25) is 0 Å². The minimum atomic E-state index is -3.60. The third-order valence-corrected chi connectivity index (χ3v) is 4.62. The van der Waals surface area contributed by atoms with Crippen molar-refractivity contribution in [3.8, 4) is 0 Å². The molecule has 1 rings (SSSR count). The van der Waals surface area contributed by atoms with Gasteiger partial charge in [0.15, 0.2) is 0 Å². The molecule has 0 saturated heterocycles. The zero-order chi connectivity index (χ0) is 13.1. The first-order chi connectivity index (χ1) is 7.94. The van der Waals surface area contributed by atoms with Gasteiger partial charge in [-0.05, 0) is 20.1 Å². The van der Waals surface area contributed by atoms with Gasteiger partial charge in [0.1, 0.15) is 16.4 Å². The standard InChI is InChI=1S/C10H17NO4S2/c1-7-9(6-12)10(8(2)15-7)17(13,14)11-4-5-16-3/h11-12H,4-6H2,1-3H3. The number of hydrogen-bond acceptors (Lipinski definition) is 5. The first-order valence-corrected chi connectivity index (χ1v) is 8.00. The number of rotatable bonds is 6. The summed E-state index contributed by atoms with van der Waals surface area (Å²) < 4.78 is 31.8. The first kappa shape index (κ1) is 14.6. The van der Waals surface area contributed by atoms with E-state index in [9.17, 15) is 13.5 Å². The molecule has 0 aromatic carbocycles. The average molecular weight is 279 g/mol. The fourth-order valence-electron chi connectivity index (χ4n) is 1.59. The molecule has 2 N–H and O–H groups in total. The molecule has 1 heterocycles. The van der Waals surface area contributed by atoms with E-state index >= 15 is 0 Å². The summed E-state index contributed by atoms with van der Waals surface area (Å²) in [5, 5.41) is 9.19. The number of aliphatic hydroxyl groups is 1. The molecule has 0 aliphatic carbocycles. The summed E-state index contributed by atoms with van der Waals surface area (Å²) in [5.74, 6) is 1.45. The fourth-order valence-corrected chi connectivity index (χ4v) is 3.50. The number of nitrogens with one attached hydrogen (secondary N) is 1. The maximum absolute atomic E-state index is 12.0. The van der Waals surface area contributed by atoms with Crippen molar-refractivity contribution in [1.29, 1.82) is 0 Å². The second-order valence-electron chi connectivity index (χ2n) is 3.57. The van der Waals surface area contributed by atoms with Gasteiger partial charge in [-0.15, -0.1) is 0 Å². The molecule has 0 aliphatic rings. The van der Waals surface area contributed by atoms with Crippen molar-refractivity contribution < 1.29 is 17.9 Å². The molecule has 0 spiro atoms. The van der Waals surface area contributed by atoms with Gasteiger partial charge in [-0.1, -0.05) is 0 Å². The number of thioether (sulfide) groups is 1. The zero-order valence-corrected chi connectivity index (χ0v) is 11.7. The van der Waals surface area contributed by atoms with Gasteiger partial charge in [0, 0.05) is 17.9 Å². The Morgan fingerprint density at radius 1 is 1.35 bits per heavy atom. The van der Waals surface area contributed by atoms with E-state index in [2.05, 4.69) is 4.72 Å². The Hall–Kier alpha value is -0.500. The lowest BCUT2D eigenvalue weighted by atomic mass is 10.2. The maximum Gasteiger partial charge on any atom is 0.244 e. The van der Waals surface area contributed by atoms with E-state index in [1.807, 2.05) is 6.26 Å². The monoisotopic (exact) mass is 279 g/mol. The fraction of sp³-hybridized carbons (Fsp3) is 0.600. The van der Waals surface area contributed by atoms with Crippen LogP contribution in [-0.4, -0.2) is 32.1 Å². The van der Waals surface area contributed by atoms with Crippen molar-refractivity contribution in [1.82, 2.24) is 4.72 Å². The predicted molar refractivity (Wildman–Crippen MR) is 67.7 cm³/mol. The summed E-state index contributed by atoms with van der Waals surface area (Å²) in [6.45, 7) is 3.23. The lowest BCUT2D eigenvalue weighted by molar-refractivity contribution is 0.276. The van der Waals surface area contributed by atoms with Crippen LogP contribution >= 0.6 is 11.8 Å². The molecule has 0 radical (unpaired) electrons. The quantitative estimate of drug-likeness (QED) is 0.760. The molecular weight excluding hydrogens is 262 g/mol. The summed E-state index contributed by atoms with van der Waals surface area (Å²) in [4.78, 5) is 0.0682. The van der Waals surface area contributed by atoms with Gasteiger partial charge >= 0.3 is 0 Å². The molecule has 0 aliphatic heterocycles. The Morgan fingerprint density at radius 3 is 2.53 bits per heavy atom. The summed E-state index contributed by atoms with van der Waals surface area (Å²) in [7, 11) is -3.60. The Kier molecular flexibility index (Phi) is 5.05. The SMILES string of the molecule is CSCCNS(=O)(=O)c1c(C)oc(C)c1CO. The molecule has 1 aromatic rings. The van der Waals surface area contributed by atoms with Crippen LogP contribution in [0.4, 0.5) is 0 Å². The molecule has 7 heteroatoms. The summed E-state index contributed by atoms with van der Waals surface area (Å²) in [5.41, 5.74) is 0.333. The molecule has 1 aromatic heterocycles. The minimum absolute atomic E-state index is 0.0682. The Bertz CT molecular complexity index is 479. The van der Waals surface area contributed by atoms with Crippen LogP contribution in [0.1, 0.15) is 17.1 Å². The van der Waals surface area contributed by atoms with Crippen LogP contribution in [-0.2, 0) is 16.6 Å². The highest BCUT2D eigenvalue weighted by atomic mass is 32.2. The molecule has 0 amide bonds. The van der Waals surface area contributed by atoms with E-state index in [0.717, 1.165) is 0 Å². The van der Waals surface area contributed by atoms with Crippen LogP contribution in [0, 0.1) is 13.8 Å². The number of sulfonamides is 1. The zero-order valence-electron chi connectivity index (χ0n) is 10.1. The van der Waals surface area contributed by atoms with Crippen molar-refractivity contribution in [3.05, 3.63) is 17.1 Å². The van der Waals surface area contributed by atoms with Crippen molar-refractivity contribution in [2.75, 3.05) is 18.6 Å². The topological polar surface area (TPSA) is 79.5 Å². The largest absolute Gasteiger partial charge is 0.465 e. The molecule has 5 nitrogen and oxygen atoms in total. The number of hydrogen-bond donors (Lipinski definition) is 2. The van der Waals surface area contributed by atoms with Gasteiger partial charge < -0.3 is 9.52 Å². The van der Waals surface area contributed by atoms with Gasteiger partial charge in [-0.2, -0.15) is 11.8 Å². The Morgan fingerprint density at radius 2 is 2.00 bits per heavy atom. The molecule has 98 valence electrons. The molecule has 0 atom stereocenters. The molecule has 0 saturated carbocycles. The van der Waals surface area contributed by atoms with Crippen LogP contribution in [0.2, 0.25) is 0 Å². The summed E-state index contributed by atoms with van der Waals surface area (Å²) in [6, 6.07) is 0. The Balaban J connectivity index is 3.06. The average Bonchev–Trinajstić information content (AvgIpc) is 2.53. The maximum atomic E-state index is 12.0. The highest BCUT2D eigenvalue weighted by Crippen LogP contribution is 2.26. The predicted octanol–water partition coefficient (Wildman–Crippen LogP) is 1.03. The first-order valence-electron chi connectivity index (χ1n) is 5.12. The summed E-state index contributed by atoms with van der Waals surface area (Å²) in [6.07, 6.45) is 1.90. The van der Waals surface area contributed by atoms with E-state index in [1.165, 1.54) is 0 Å². The highest BCUT2D eigenvalue weighted by molar-refractivity contribution is 7.98. The van der Waals surface area contributed by atoms with Gasteiger partial charge in [0.25, 0.3) is 0 Å². The smallest absolute Gasteiger partial charge is 0.244 e. The molecule has 0 fully saturated rings. The van der Waals surface area contributed by atoms with Gasteiger partial charge in [0.2, 0.25) is 10.0 Å². The van der Waals surface area contributed by atoms with E-state index in [4.69, 9.17) is 4.42 Å². The lowest BCUT2D eigenvalue weighted by Gasteiger charge is -2.06. The van der Waals surface area contributed by atoms with Crippen LogP contribution < -0.4 is 4.72 Å². The molecule has 0 bridgehead atoms. The lowest BCUT2D eigenvalue weighted by Crippen LogP contribution is -2.27. The second kappa shape index (κ2) is 5.90. The highest BCUT2D eigenvalue weighted by Gasteiger charge is 2.25. The van der Waals surface area contributed by atoms with Gasteiger partial charge in [0.05, 0.1) is 6.61 Å². The molecular formula is C10H17NO4S2. The van der Waals surface area contributed by atoms with Crippen LogP contribution in [0.5, 0.6) is 0 Å². The molecule has 0 unspecified atom stereocenters. The minimum Gasteiger partial charge on any atom is -0.465 e. The van der Waals surface area contributed by atoms with E-state index < -0.39 is 10.0 Å². The van der Waals surface area contributed by atoms with Gasteiger partial charge in [-0.25, -0.2) is 13.1 Å². The van der Waals surface area contributed by atoms with E-state index in [-0.39, 0.29) is 11.5 Å². The Labute approximate surface area is 106 Å². The van der Waals surface area contributed by atoms with Crippen LogP contribution in [0.15, 0.2) is 9.31 Å². The van der Waals surface area contributed by atoms with E-state index in [1.54, 1.807) is 25.6 Å². The third-order valence-electron chi connectivity index (χ3n) is 2.35. The van der Waals surface area contributed by atoms with Crippen LogP contribution in [0.25, 0.3) is 0 Å². The molecule has 17 heavy (non-hydrogen) atoms. The number of aryl methyl sites for hydroxylation is 2. The van der Waals surface area contributed by atoms with E-state index in [0.29, 0.717) is 29.4 Å². The summed E-state index contributed by atoms with van der Waals surface area (Å²) >= 11 is 1.56.